The van der Waals surface area contributed by atoms with Gasteiger partial charge in [0.05, 0.1) is 22.2 Å². The first kappa shape index (κ1) is 20.7. The van der Waals surface area contributed by atoms with Crippen LogP contribution in [0.4, 0.5) is 10.1 Å². The monoisotopic (exact) mass is 413 g/mol. The van der Waals surface area contributed by atoms with Crippen LogP contribution in [0.1, 0.15) is 30.6 Å². The number of benzene rings is 2. The molecule has 0 unspecified atom stereocenters. The quantitative estimate of drug-likeness (QED) is 0.361. The second kappa shape index (κ2) is 9.00. The third-order valence-electron chi connectivity index (χ3n) is 4.20. The number of carbonyl (C=O) groups excluding carboxylic acids is 2. The van der Waals surface area contributed by atoms with Crippen molar-refractivity contribution in [1.29, 1.82) is 0 Å². The number of para-hydroxylation sites is 1. The van der Waals surface area contributed by atoms with E-state index in [1.165, 1.54) is 19.1 Å². The van der Waals surface area contributed by atoms with Gasteiger partial charge in [-0.2, -0.15) is 0 Å². The van der Waals surface area contributed by atoms with Crippen molar-refractivity contribution in [3.8, 4) is 0 Å². The Bertz CT molecular complexity index is 1140. The lowest BCUT2D eigenvalue weighted by Crippen LogP contribution is -2.23. The highest BCUT2D eigenvalue weighted by atomic mass is 32.2. The summed E-state index contributed by atoms with van der Waals surface area (Å²) in [6, 6.07) is 11.0. The van der Waals surface area contributed by atoms with E-state index in [1.807, 2.05) is 6.92 Å². The number of thioether (sulfide) groups is 1. The first-order valence-electron chi connectivity index (χ1n) is 9.13. The summed E-state index contributed by atoms with van der Waals surface area (Å²) >= 11 is 1.11. The summed E-state index contributed by atoms with van der Waals surface area (Å²) < 4.78 is 15.8. The zero-order chi connectivity index (χ0) is 21.0. The lowest BCUT2D eigenvalue weighted by molar-refractivity contribution is -0.114. The SMILES string of the molecule is CCCn1c(SCC(=O)c2ccc(NC(C)=O)cc2F)nc2ccccc2c1=O. The van der Waals surface area contributed by atoms with Crippen molar-refractivity contribution in [1.82, 2.24) is 9.55 Å². The van der Waals surface area contributed by atoms with Crippen LogP contribution in [-0.2, 0) is 11.3 Å². The van der Waals surface area contributed by atoms with Gasteiger partial charge in [0.25, 0.3) is 5.56 Å². The number of nitrogens with zero attached hydrogens (tertiary/aromatic N) is 2. The molecule has 8 heteroatoms. The molecule has 3 rings (SSSR count). The number of anilines is 1. The van der Waals surface area contributed by atoms with Crippen LogP contribution < -0.4 is 10.9 Å². The van der Waals surface area contributed by atoms with E-state index in [-0.39, 0.29) is 28.5 Å². The van der Waals surface area contributed by atoms with Crippen LogP contribution in [-0.4, -0.2) is 27.0 Å². The van der Waals surface area contributed by atoms with Gasteiger partial charge in [-0.3, -0.25) is 19.0 Å². The number of nitrogens with one attached hydrogen (secondary N) is 1. The number of halogens is 1. The van der Waals surface area contributed by atoms with Crippen molar-refractivity contribution < 1.29 is 14.0 Å². The molecule has 0 aliphatic carbocycles. The van der Waals surface area contributed by atoms with Crippen LogP contribution in [0.5, 0.6) is 0 Å². The number of amides is 1. The average Bonchev–Trinajstić information content (AvgIpc) is 2.68. The molecule has 1 N–H and O–H groups in total. The molecule has 150 valence electrons. The predicted octanol–water partition coefficient (Wildman–Crippen LogP) is 3.88. The topological polar surface area (TPSA) is 81.1 Å². The molecule has 1 aromatic heterocycles. The van der Waals surface area contributed by atoms with Gasteiger partial charge in [0, 0.05) is 19.2 Å². The summed E-state index contributed by atoms with van der Waals surface area (Å²) in [5, 5.41) is 3.42. The summed E-state index contributed by atoms with van der Waals surface area (Å²) in [6.07, 6.45) is 0.737. The van der Waals surface area contributed by atoms with E-state index in [9.17, 15) is 18.8 Å². The van der Waals surface area contributed by atoms with Crippen molar-refractivity contribution in [2.45, 2.75) is 32.0 Å². The molecule has 29 heavy (non-hydrogen) atoms. The average molecular weight is 413 g/mol. The standard InChI is InChI=1S/C21H20FN3O3S/c1-3-10-25-20(28)16-6-4-5-7-18(16)24-21(25)29-12-19(27)15-9-8-14(11-17(15)22)23-13(2)26/h4-9,11H,3,10,12H2,1-2H3,(H,23,26). The molecule has 1 heterocycles. The van der Waals surface area contributed by atoms with Gasteiger partial charge in [-0.1, -0.05) is 30.8 Å². The van der Waals surface area contributed by atoms with Gasteiger partial charge < -0.3 is 5.32 Å². The molecule has 2 aromatic carbocycles. The van der Waals surface area contributed by atoms with Gasteiger partial charge >= 0.3 is 0 Å². The molecular formula is C21H20FN3O3S. The second-order valence-corrected chi connectivity index (χ2v) is 7.40. The summed E-state index contributed by atoms with van der Waals surface area (Å²) in [7, 11) is 0. The zero-order valence-corrected chi connectivity index (χ0v) is 16.9. The number of fused-ring (bicyclic) bond motifs is 1. The molecule has 0 aliphatic rings. The maximum absolute atomic E-state index is 14.3. The van der Waals surface area contributed by atoms with E-state index in [0.29, 0.717) is 22.6 Å². The third-order valence-corrected chi connectivity index (χ3v) is 5.17. The predicted molar refractivity (Wildman–Crippen MR) is 112 cm³/mol. The minimum absolute atomic E-state index is 0.0646. The van der Waals surface area contributed by atoms with E-state index in [4.69, 9.17) is 0 Å². The van der Waals surface area contributed by atoms with Gasteiger partial charge in [-0.05, 0) is 36.8 Å². The van der Waals surface area contributed by atoms with Crippen molar-refractivity contribution in [3.63, 3.8) is 0 Å². The minimum Gasteiger partial charge on any atom is -0.326 e. The molecule has 0 aliphatic heterocycles. The van der Waals surface area contributed by atoms with Crippen molar-refractivity contribution in [3.05, 3.63) is 64.2 Å². The molecule has 0 saturated carbocycles. The molecule has 1 amide bonds. The normalized spacial score (nSPS) is 10.9. The molecule has 3 aromatic rings. The highest BCUT2D eigenvalue weighted by Crippen LogP contribution is 2.21. The van der Waals surface area contributed by atoms with Crippen LogP contribution in [0.25, 0.3) is 10.9 Å². The summed E-state index contributed by atoms with van der Waals surface area (Å²) in [6.45, 7) is 3.75. The molecule has 0 radical (unpaired) electrons. The molecule has 0 spiro atoms. The van der Waals surface area contributed by atoms with Gasteiger partial charge in [0.1, 0.15) is 5.82 Å². The smallest absolute Gasteiger partial charge is 0.262 e. The van der Waals surface area contributed by atoms with Crippen LogP contribution in [0, 0.1) is 5.82 Å². The Balaban J connectivity index is 1.85. The lowest BCUT2D eigenvalue weighted by Gasteiger charge is -2.12. The van der Waals surface area contributed by atoms with Crippen LogP contribution in [0.2, 0.25) is 0 Å². The largest absolute Gasteiger partial charge is 0.326 e. The molecule has 0 saturated heterocycles. The fourth-order valence-electron chi connectivity index (χ4n) is 2.91. The molecule has 0 fully saturated rings. The summed E-state index contributed by atoms with van der Waals surface area (Å²) in [5.41, 5.74) is 0.618. The van der Waals surface area contributed by atoms with Crippen molar-refractivity contribution in [2.24, 2.45) is 0 Å². The molecule has 0 bridgehead atoms. The maximum atomic E-state index is 14.3. The fraction of sp³-hybridized carbons (Fsp3) is 0.238. The lowest BCUT2D eigenvalue weighted by atomic mass is 10.1. The van der Waals surface area contributed by atoms with E-state index in [0.717, 1.165) is 24.2 Å². The highest BCUT2D eigenvalue weighted by Gasteiger charge is 2.16. The Labute approximate surface area is 171 Å². The Hall–Kier alpha value is -3.00. The Morgan fingerprint density at radius 1 is 1.21 bits per heavy atom. The Morgan fingerprint density at radius 3 is 2.66 bits per heavy atom. The van der Waals surface area contributed by atoms with Crippen LogP contribution >= 0.6 is 11.8 Å². The Morgan fingerprint density at radius 2 is 1.97 bits per heavy atom. The van der Waals surface area contributed by atoms with E-state index >= 15 is 0 Å². The first-order valence-corrected chi connectivity index (χ1v) is 10.1. The maximum Gasteiger partial charge on any atom is 0.262 e. The third kappa shape index (κ3) is 4.71. The number of hydrogen-bond acceptors (Lipinski definition) is 5. The number of hydrogen-bond donors (Lipinski definition) is 1. The van der Waals surface area contributed by atoms with Gasteiger partial charge in [-0.15, -0.1) is 0 Å². The van der Waals surface area contributed by atoms with E-state index < -0.39 is 11.6 Å². The molecule has 6 nitrogen and oxygen atoms in total. The summed E-state index contributed by atoms with van der Waals surface area (Å²) in [4.78, 5) is 40.9. The fourth-order valence-corrected chi connectivity index (χ4v) is 3.82. The Kier molecular flexibility index (Phi) is 6.43. The highest BCUT2D eigenvalue weighted by molar-refractivity contribution is 7.99. The first-order chi connectivity index (χ1) is 13.9. The van der Waals surface area contributed by atoms with Crippen LogP contribution in [0.15, 0.2) is 52.4 Å². The van der Waals surface area contributed by atoms with Gasteiger partial charge in [0.2, 0.25) is 5.91 Å². The van der Waals surface area contributed by atoms with E-state index in [2.05, 4.69) is 10.3 Å². The summed E-state index contributed by atoms with van der Waals surface area (Å²) in [5.74, 6) is -1.52. The van der Waals surface area contributed by atoms with Gasteiger partial charge in [-0.25, -0.2) is 9.37 Å². The number of aromatic nitrogens is 2. The van der Waals surface area contributed by atoms with Gasteiger partial charge in [0.15, 0.2) is 10.9 Å². The van der Waals surface area contributed by atoms with Crippen LogP contribution in [0.3, 0.4) is 0 Å². The second-order valence-electron chi connectivity index (χ2n) is 6.46. The number of ketones is 1. The number of carbonyl (C=O) groups is 2. The minimum atomic E-state index is -0.709. The molecule has 0 atom stereocenters. The van der Waals surface area contributed by atoms with Crippen molar-refractivity contribution in [2.75, 3.05) is 11.1 Å². The number of Topliss-reactive ketones (excluding diaryl/α,β-unsaturated/α-hetero) is 1. The zero-order valence-electron chi connectivity index (χ0n) is 16.1. The van der Waals surface area contributed by atoms with E-state index in [1.54, 1.807) is 28.8 Å². The van der Waals surface area contributed by atoms with Crippen molar-refractivity contribution >= 4 is 40.0 Å². The number of rotatable bonds is 7. The molecular weight excluding hydrogens is 393 g/mol.